The number of ether oxygens (including phenoxy) is 1. The van der Waals surface area contributed by atoms with Crippen molar-refractivity contribution >= 4 is 39.8 Å². The highest BCUT2D eigenvalue weighted by atomic mass is 35.5. The zero-order valence-corrected chi connectivity index (χ0v) is 16.1. The van der Waals surface area contributed by atoms with E-state index in [0.717, 1.165) is 41.0 Å². The summed E-state index contributed by atoms with van der Waals surface area (Å²) in [6.45, 7) is 2.34. The Bertz CT molecular complexity index is 848. The quantitative estimate of drug-likeness (QED) is 0.696. The van der Waals surface area contributed by atoms with E-state index in [4.69, 9.17) is 22.1 Å². The number of carbonyl (C=O) groups excluding carboxylic acids is 2. The monoisotopic (exact) mass is 392 g/mol. The molecule has 1 aromatic heterocycles. The Morgan fingerprint density at radius 3 is 2.88 bits per heavy atom. The smallest absolute Gasteiger partial charge is 0.251 e. The number of aryl methyl sites for hydroxylation is 2. The van der Waals surface area contributed by atoms with Gasteiger partial charge in [-0.05, 0) is 61.9 Å². The van der Waals surface area contributed by atoms with Gasteiger partial charge in [0.15, 0.2) is 0 Å². The average Bonchev–Trinajstić information content (AvgIpc) is 3.15. The van der Waals surface area contributed by atoms with Crippen molar-refractivity contribution in [2.24, 2.45) is 5.73 Å². The van der Waals surface area contributed by atoms with Crippen molar-refractivity contribution in [1.82, 2.24) is 0 Å². The third kappa shape index (κ3) is 4.19. The molecule has 0 unspecified atom stereocenters. The van der Waals surface area contributed by atoms with Crippen LogP contribution < -0.4 is 15.8 Å². The van der Waals surface area contributed by atoms with Crippen LogP contribution in [0.1, 0.15) is 45.6 Å². The lowest BCUT2D eigenvalue weighted by Gasteiger charge is -2.08. The highest BCUT2D eigenvalue weighted by molar-refractivity contribution is 7.17. The van der Waals surface area contributed by atoms with Crippen molar-refractivity contribution in [1.29, 1.82) is 0 Å². The number of hydrogen-bond acceptors (Lipinski definition) is 4. The van der Waals surface area contributed by atoms with Crippen molar-refractivity contribution in [3.05, 3.63) is 44.8 Å². The zero-order valence-electron chi connectivity index (χ0n) is 14.6. The number of fused-ring (bicyclic) bond motifs is 1. The fourth-order valence-electron chi connectivity index (χ4n) is 3.07. The second-order valence-electron chi connectivity index (χ2n) is 6.34. The number of nitrogens with two attached hydrogens (primary N) is 1. The summed E-state index contributed by atoms with van der Waals surface area (Å²) < 4.78 is 5.64. The fraction of sp³-hybridized carbons (Fsp3) is 0.368. The summed E-state index contributed by atoms with van der Waals surface area (Å²) in [7, 11) is 0. The molecule has 26 heavy (non-hydrogen) atoms. The first-order valence-corrected chi connectivity index (χ1v) is 9.78. The van der Waals surface area contributed by atoms with Crippen LogP contribution in [0.4, 0.5) is 5.00 Å². The van der Waals surface area contributed by atoms with Crippen LogP contribution in [-0.4, -0.2) is 18.4 Å². The summed E-state index contributed by atoms with van der Waals surface area (Å²) in [6.07, 6.45) is 3.73. The number of primary amides is 1. The van der Waals surface area contributed by atoms with Crippen molar-refractivity contribution < 1.29 is 14.3 Å². The third-order valence-corrected chi connectivity index (χ3v) is 6.00. The summed E-state index contributed by atoms with van der Waals surface area (Å²) in [5.41, 5.74) is 7.96. The summed E-state index contributed by atoms with van der Waals surface area (Å²) in [6, 6.07) is 5.47. The number of anilines is 1. The molecular weight excluding hydrogens is 372 g/mol. The molecule has 138 valence electrons. The number of amides is 2. The van der Waals surface area contributed by atoms with Gasteiger partial charge in [0.1, 0.15) is 10.8 Å². The van der Waals surface area contributed by atoms with Crippen LogP contribution in [0.5, 0.6) is 5.75 Å². The maximum Gasteiger partial charge on any atom is 0.251 e. The van der Waals surface area contributed by atoms with Crippen LogP contribution in [-0.2, 0) is 17.6 Å². The molecular formula is C19H21ClN2O3S. The largest absolute Gasteiger partial charge is 0.494 e. The molecule has 0 fully saturated rings. The summed E-state index contributed by atoms with van der Waals surface area (Å²) in [4.78, 5) is 25.1. The van der Waals surface area contributed by atoms with Gasteiger partial charge in [-0.15, -0.1) is 11.3 Å². The molecule has 2 aromatic rings. The second-order valence-corrected chi connectivity index (χ2v) is 7.85. The predicted octanol–water partition coefficient (Wildman–Crippen LogP) is 4.10. The highest BCUT2D eigenvalue weighted by Crippen LogP contribution is 2.38. The van der Waals surface area contributed by atoms with Crippen LogP contribution in [0.25, 0.3) is 0 Å². The predicted molar refractivity (Wildman–Crippen MR) is 104 cm³/mol. The maximum absolute atomic E-state index is 12.2. The molecule has 1 aliphatic rings. The SMILES string of the molecule is Cc1cc(OCCCC(=O)Nc2sc3c(c2C(N)=O)CCC3)ccc1Cl. The Morgan fingerprint density at radius 1 is 1.35 bits per heavy atom. The molecule has 0 saturated heterocycles. The van der Waals surface area contributed by atoms with Gasteiger partial charge in [0.2, 0.25) is 5.91 Å². The minimum Gasteiger partial charge on any atom is -0.494 e. The number of carbonyl (C=O) groups is 2. The highest BCUT2D eigenvalue weighted by Gasteiger charge is 2.25. The van der Waals surface area contributed by atoms with E-state index in [1.807, 2.05) is 19.1 Å². The fourth-order valence-corrected chi connectivity index (χ4v) is 4.50. The van der Waals surface area contributed by atoms with Crippen molar-refractivity contribution in [3.63, 3.8) is 0 Å². The minimum absolute atomic E-state index is 0.136. The second kappa shape index (κ2) is 8.10. The van der Waals surface area contributed by atoms with Crippen LogP contribution in [0.15, 0.2) is 18.2 Å². The molecule has 7 heteroatoms. The van der Waals surface area contributed by atoms with E-state index in [2.05, 4.69) is 5.32 Å². The molecule has 3 rings (SSSR count). The molecule has 1 aliphatic carbocycles. The van der Waals surface area contributed by atoms with Crippen LogP contribution in [0.3, 0.4) is 0 Å². The van der Waals surface area contributed by atoms with E-state index < -0.39 is 5.91 Å². The number of halogens is 1. The van der Waals surface area contributed by atoms with Gasteiger partial charge in [-0.3, -0.25) is 9.59 Å². The topological polar surface area (TPSA) is 81.4 Å². The van der Waals surface area contributed by atoms with E-state index in [1.165, 1.54) is 11.3 Å². The molecule has 2 amide bonds. The molecule has 0 saturated carbocycles. The number of thiophene rings is 1. The normalized spacial score (nSPS) is 12.7. The number of hydrogen-bond donors (Lipinski definition) is 2. The summed E-state index contributed by atoms with van der Waals surface area (Å²) >= 11 is 7.45. The van der Waals surface area contributed by atoms with E-state index in [-0.39, 0.29) is 5.91 Å². The Labute approximate surface area is 161 Å². The Kier molecular flexibility index (Phi) is 5.84. The van der Waals surface area contributed by atoms with E-state index >= 15 is 0 Å². The standard InChI is InChI=1S/C19H21ClN2O3S/c1-11-10-12(7-8-14(11)20)25-9-3-6-16(23)22-19-17(18(21)24)13-4-2-5-15(13)26-19/h7-8,10H,2-6,9H2,1H3,(H2,21,24)(H,22,23). The van der Waals surface area contributed by atoms with E-state index in [9.17, 15) is 9.59 Å². The molecule has 0 bridgehead atoms. The van der Waals surface area contributed by atoms with Gasteiger partial charge in [-0.1, -0.05) is 11.6 Å². The molecule has 0 aliphatic heterocycles. The molecule has 3 N–H and O–H groups in total. The first kappa shape index (κ1) is 18.7. The zero-order chi connectivity index (χ0) is 18.7. The molecule has 1 heterocycles. The number of rotatable bonds is 7. The van der Waals surface area contributed by atoms with Gasteiger partial charge in [-0.25, -0.2) is 0 Å². The molecule has 5 nitrogen and oxygen atoms in total. The van der Waals surface area contributed by atoms with Crippen LogP contribution >= 0.6 is 22.9 Å². The summed E-state index contributed by atoms with van der Waals surface area (Å²) in [5, 5.41) is 4.13. The Hall–Kier alpha value is -2.05. The van der Waals surface area contributed by atoms with Crippen LogP contribution in [0.2, 0.25) is 5.02 Å². The van der Waals surface area contributed by atoms with Gasteiger partial charge in [0.25, 0.3) is 5.91 Å². The lowest BCUT2D eigenvalue weighted by atomic mass is 10.1. The minimum atomic E-state index is -0.471. The van der Waals surface area contributed by atoms with E-state index in [1.54, 1.807) is 6.07 Å². The lowest BCUT2D eigenvalue weighted by molar-refractivity contribution is -0.116. The van der Waals surface area contributed by atoms with Gasteiger partial charge in [0, 0.05) is 16.3 Å². The molecule has 0 atom stereocenters. The molecule has 0 spiro atoms. The molecule has 1 aromatic carbocycles. The summed E-state index contributed by atoms with van der Waals surface area (Å²) in [5.74, 6) is 0.127. The Morgan fingerprint density at radius 2 is 2.15 bits per heavy atom. The lowest BCUT2D eigenvalue weighted by Crippen LogP contribution is -2.18. The maximum atomic E-state index is 12.2. The van der Waals surface area contributed by atoms with E-state index in [0.29, 0.717) is 35.0 Å². The Balaban J connectivity index is 1.50. The first-order chi connectivity index (χ1) is 12.5. The van der Waals surface area contributed by atoms with Crippen molar-refractivity contribution in [2.45, 2.75) is 39.0 Å². The number of nitrogens with one attached hydrogen (secondary N) is 1. The van der Waals surface area contributed by atoms with Crippen molar-refractivity contribution in [3.8, 4) is 5.75 Å². The third-order valence-electron chi connectivity index (χ3n) is 4.37. The average molecular weight is 393 g/mol. The first-order valence-electron chi connectivity index (χ1n) is 8.59. The van der Waals surface area contributed by atoms with Gasteiger partial charge in [0.05, 0.1) is 12.2 Å². The van der Waals surface area contributed by atoms with Gasteiger partial charge >= 0.3 is 0 Å². The van der Waals surface area contributed by atoms with Gasteiger partial charge in [-0.2, -0.15) is 0 Å². The molecule has 0 radical (unpaired) electrons. The van der Waals surface area contributed by atoms with Gasteiger partial charge < -0.3 is 15.8 Å². The van der Waals surface area contributed by atoms with Crippen molar-refractivity contribution in [2.75, 3.05) is 11.9 Å². The number of benzene rings is 1. The van der Waals surface area contributed by atoms with Crippen LogP contribution in [0, 0.1) is 6.92 Å².